The number of rotatable bonds is 3. The van der Waals surface area contributed by atoms with E-state index in [1.54, 1.807) is 23.1 Å². The molecule has 0 N–H and O–H groups in total. The van der Waals surface area contributed by atoms with Gasteiger partial charge >= 0.3 is 0 Å². The van der Waals surface area contributed by atoms with Crippen LogP contribution >= 0.6 is 50.6 Å². The summed E-state index contributed by atoms with van der Waals surface area (Å²) in [6, 6.07) is 7.87. The van der Waals surface area contributed by atoms with Crippen molar-refractivity contribution < 1.29 is 0 Å². The first-order valence-electron chi connectivity index (χ1n) is 5.22. The Morgan fingerprint density at radius 2 is 2.11 bits per heavy atom. The van der Waals surface area contributed by atoms with Crippen LogP contribution in [0.3, 0.4) is 0 Å². The zero-order valence-electron chi connectivity index (χ0n) is 9.14. The average molecular weight is 360 g/mol. The van der Waals surface area contributed by atoms with E-state index in [4.69, 9.17) is 11.6 Å². The van der Waals surface area contributed by atoms with Gasteiger partial charge in [0.1, 0.15) is 4.60 Å². The summed E-state index contributed by atoms with van der Waals surface area (Å²) in [4.78, 5) is 6.81. The fraction of sp³-hybridized carbons (Fsp3) is 0.0833. The maximum absolute atomic E-state index is 5.86. The monoisotopic (exact) mass is 358 g/mol. The molecule has 2 nitrogen and oxygen atoms in total. The van der Waals surface area contributed by atoms with Crippen LogP contribution < -0.4 is 0 Å². The van der Waals surface area contributed by atoms with Gasteiger partial charge in [-0.2, -0.15) is 0 Å². The first kappa shape index (κ1) is 12.5. The quantitative estimate of drug-likeness (QED) is 0.605. The molecule has 2 heterocycles. The second kappa shape index (κ2) is 5.25. The van der Waals surface area contributed by atoms with E-state index in [2.05, 4.69) is 25.3 Å². The summed E-state index contributed by atoms with van der Waals surface area (Å²) in [5.74, 6) is 0.844. The van der Waals surface area contributed by atoms with Crippen LogP contribution in [0.1, 0.15) is 5.69 Å². The molecule has 2 aromatic heterocycles. The van der Waals surface area contributed by atoms with Crippen LogP contribution in [0.25, 0.3) is 4.96 Å². The van der Waals surface area contributed by atoms with Crippen LogP contribution in [0.2, 0.25) is 5.02 Å². The maximum atomic E-state index is 5.86. The highest BCUT2D eigenvalue weighted by Gasteiger charge is 2.10. The van der Waals surface area contributed by atoms with Crippen LogP contribution in [-0.2, 0) is 5.75 Å². The molecular weight excluding hydrogens is 352 g/mol. The van der Waals surface area contributed by atoms with Crippen molar-refractivity contribution in [3.05, 3.63) is 51.2 Å². The lowest BCUT2D eigenvalue weighted by molar-refractivity contribution is 1.16. The fourth-order valence-corrected chi connectivity index (χ4v) is 4.09. The molecule has 1 aromatic carbocycles. The van der Waals surface area contributed by atoms with Gasteiger partial charge in [-0.05, 0) is 40.2 Å². The number of aromatic nitrogens is 2. The molecule has 0 saturated heterocycles. The first-order chi connectivity index (χ1) is 8.74. The number of fused-ring (bicyclic) bond motifs is 1. The molecular formula is C12H8BrClN2S2. The molecule has 0 bridgehead atoms. The van der Waals surface area contributed by atoms with Gasteiger partial charge in [0, 0.05) is 27.2 Å². The van der Waals surface area contributed by atoms with Crippen molar-refractivity contribution in [2.45, 2.75) is 10.6 Å². The Bertz CT molecular complexity index is 675. The predicted molar refractivity (Wildman–Crippen MR) is 81.8 cm³/mol. The predicted octanol–water partition coefficient (Wildman–Crippen LogP) is 5.10. The molecule has 0 aliphatic rings. The molecule has 0 saturated carbocycles. The highest BCUT2D eigenvalue weighted by molar-refractivity contribution is 9.10. The third-order valence-electron chi connectivity index (χ3n) is 2.46. The van der Waals surface area contributed by atoms with Crippen molar-refractivity contribution in [1.82, 2.24) is 9.38 Å². The van der Waals surface area contributed by atoms with E-state index in [9.17, 15) is 0 Å². The SMILES string of the molecule is Clc1ccc(SCc2nc3sccn3c2Br)cc1. The summed E-state index contributed by atoms with van der Waals surface area (Å²) < 4.78 is 3.10. The number of benzene rings is 1. The van der Waals surface area contributed by atoms with Gasteiger partial charge in [0.05, 0.1) is 5.69 Å². The van der Waals surface area contributed by atoms with E-state index in [-0.39, 0.29) is 0 Å². The van der Waals surface area contributed by atoms with Crippen LogP contribution in [0.4, 0.5) is 0 Å². The number of halogens is 2. The molecule has 18 heavy (non-hydrogen) atoms. The smallest absolute Gasteiger partial charge is 0.194 e. The summed E-state index contributed by atoms with van der Waals surface area (Å²) in [5, 5.41) is 2.80. The Balaban J connectivity index is 1.78. The zero-order chi connectivity index (χ0) is 12.5. The third-order valence-corrected chi connectivity index (χ3v) is 5.33. The molecule has 0 unspecified atom stereocenters. The van der Waals surface area contributed by atoms with Gasteiger partial charge in [0.25, 0.3) is 0 Å². The molecule has 6 heteroatoms. The Morgan fingerprint density at radius 3 is 2.83 bits per heavy atom. The Hall–Kier alpha value is -0.490. The third kappa shape index (κ3) is 2.45. The van der Waals surface area contributed by atoms with E-state index < -0.39 is 0 Å². The number of imidazole rings is 1. The Morgan fingerprint density at radius 1 is 1.33 bits per heavy atom. The molecule has 0 fully saturated rings. The van der Waals surface area contributed by atoms with Crippen LogP contribution in [0.5, 0.6) is 0 Å². The van der Waals surface area contributed by atoms with Gasteiger partial charge in [-0.15, -0.1) is 23.1 Å². The number of hydrogen-bond donors (Lipinski definition) is 0. The maximum Gasteiger partial charge on any atom is 0.194 e. The van der Waals surface area contributed by atoms with E-state index in [1.807, 2.05) is 35.8 Å². The second-order valence-corrected chi connectivity index (χ2v) is 6.76. The minimum absolute atomic E-state index is 0.767. The van der Waals surface area contributed by atoms with Gasteiger partial charge < -0.3 is 0 Å². The normalized spacial score (nSPS) is 11.2. The summed E-state index contributed by atoms with van der Waals surface area (Å²) in [6.45, 7) is 0. The number of thioether (sulfide) groups is 1. The highest BCUT2D eigenvalue weighted by Crippen LogP contribution is 2.29. The molecule has 0 aliphatic carbocycles. The molecule has 0 spiro atoms. The van der Waals surface area contributed by atoms with E-state index >= 15 is 0 Å². The van der Waals surface area contributed by atoms with Crippen molar-refractivity contribution >= 4 is 55.6 Å². The first-order valence-corrected chi connectivity index (χ1v) is 8.26. The van der Waals surface area contributed by atoms with Gasteiger partial charge in [0.15, 0.2) is 4.96 Å². The zero-order valence-corrected chi connectivity index (χ0v) is 13.1. The van der Waals surface area contributed by atoms with Gasteiger partial charge in [-0.3, -0.25) is 4.40 Å². The van der Waals surface area contributed by atoms with Crippen LogP contribution in [-0.4, -0.2) is 9.38 Å². The Labute approximate surface area is 126 Å². The fourth-order valence-electron chi connectivity index (χ4n) is 1.58. The summed E-state index contributed by atoms with van der Waals surface area (Å²) in [5.41, 5.74) is 1.07. The lowest BCUT2D eigenvalue weighted by Crippen LogP contribution is -1.83. The lowest BCUT2D eigenvalue weighted by Gasteiger charge is -2.00. The number of nitrogens with zero attached hydrogens (tertiary/aromatic N) is 2. The molecule has 0 radical (unpaired) electrons. The molecule has 0 atom stereocenters. The largest absolute Gasteiger partial charge is 0.284 e. The molecule has 3 aromatic rings. The topological polar surface area (TPSA) is 17.3 Å². The van der Waals surface area contributed by atoms with Crippen molar-refractivity contribution in [1.29, 1.82) is 0 Å². The summed E-state index contributed by atoms with van der Waals surface area (Å²) >= 11 is 12.8. The minimum Gasteiger partial charge on any atom is -0.284 e. The van der Waals surface area contributed by atoms with Crippen molar-refractivity contribution in [3.63, 3.8) is 0 Å². The van der Waals surface area contributed by atoms with Crippen molar-refractivity contribution in [2.75, 3.05) is 0 Å². The minimum atomic E-state index is 0.767. The van der Waals surface area contributed by atoms with E-state index in [0.29, 0.717) is 0 Å². The molecule has 0 amide bonds. The van der Waals surface area contributed by atoms with Gasteiger partial charge in [-0.1, -0.05) is 11.6 Å². The highest BCUT2D eigenvalue weighted by atomic mass is 79.9. The number of thiazole rings is 1. The van der Waals surface area contributed by atoms with Crippen molar-refractivity contribution in [2.24, 2.45) is 0 Å². The molecule has 0 aliphatic heterocycles. The lowest BCUT2D eigenvalue weighted by atomic mass is 10.4. The summed E-state index contributed by atoms with van der Waals surface area (Å²) in [6.07, 6.45) is 2.02. The van der Waals surface area contributed by atoms with Crippen LogP contribution in [0, 0.1) is 0 Å². The van der Waals surface area contributed by atoms with E-state index in [1.165, 1.54) is 4.90 Å². The standard InChI is InChI=1S/C12H8BrClN2S2/c13-11-10(15-12-16(11)5-6-17-12)7-18-9-3-1-8(14)2-4-9/h1-6H,7H2. The van der Waals surface area contributed by atoms with Crippen LogP contribution in [0.15, 0.2) is 45.3 Å². The van der Waals surface area contributed by atoms with Gasteiger partial charge in [-0.25, -0.2) is 4.98 Å². The molecule has 92 valence electrons. The second-order valence-electron chi connectivity index (χ2n) is 3.65. The molecule has 3 rings (SSSR count). The summed E-state index contributed by atoms with van der Waals surface area (Å²) in [7, 11) is 0. The van der Waals surface area contributed by atoms with Crippen molar-refractivity contribution in [3.8, 4) is 0 Å². The van der Waals surface area contributed by atoms with E-state index in [0.717, 1.165) is 26.0 Å². The average Bonchev–Trinajstić information content (AvgIpc) is 2.93. The van der Waals surface area contributed by atoms with Gasteiger partial charge in [0.2, 0.25) is 0 Å². The number of hydrogen-bond acceptors (Lipinski definition) is 3. The Kier molecular flexibility index (Phi) is 3.66.